The molecule has 0 bridgehead atoms. The van der Waals surface area contributed by atoms with Gasteiger partial charge in [0.2, 0.25) is 0 Å². The third kappa shape index (κ3) is 6.63. The molecule has 108 valence electrons. The van der Waals surface area contributed by atoms with Crippen LogP contribution in [0, 0.1) is 0 Å². The zero-order valence-electron chi connectivity index (χ0n) is 11.6. The van der Waals surface area contributed by atoms with Crippen LogP contribution in [0.5, 0.6) is 0 Å². The van der Waals surface area contributed by atoms with Gasteiger partial charge in [-0.3, -0.25) is 0 Å². The third-order valence-electron chi connectivity index (χ3n) is 2.46. The molecular formula is C14H22ClNO2S. The zero-order valence-corrected chi connectivity index (χ0v) is 13.2. The summed E-state index contributed by atoms with van der Waals surface area (Å²) < 4.78 is 0. The van der Waals surface area contributed by atoms with E-state index in [1.807, 2.05) is 18.2 Å². The lowest BCUT2D eigenvalue weighted by atomic mass is 10.1. The van der Waals surface area contributed by atoms with Crippen molar-refractivity contribution in [3.8, 4) is 0 Å². The average molecular weight is 304 g/mol. The second-order valence-corrected chi connectivity index (χ2v) is 6.98. The van der Waals surface area contributed by atoms with Crippen molar-refractivity contribution in [2.45, 2.75) is 43.9 Å². The van der Waals surface area contributed by atoms with Gasteiger partial charge in [-0.05, 0) is 38.5 Å². The van der Waals surface area contributed by atoms with E-state index in [-0.39, 0.29) is 12.1 Å². The number of nitrogens with one attached hydrogen (secondary N) is 1. The van der Waals surface area contributed by atoms with E-state index >= 15 is 0 Å². The van der Waals surface area contributed by atoms with Crippen LogP contribution in [-0.4, -0.2) is 34.2 Å². The number of thioether (sulfide) groups is 1. The average Bonchev–Trinajstić information content (AvgIpc) is 2.34. The van der Waals surface area contributed by atoms with Crippen molar-refractivity contribution in [3.05, 3.63) is 28.8 Å². The molecule has 1 rings (SSSR count). The van der Waals surface area contributed by atoms with Crippen LogP contribution in [0.1, 0.15) is 26.3 Å². The first-order valence-electron chi connectivity index (χ1n) is 6.27. The lowest BCUT2D eigenvalue weighted by Crippen LogP contribution is -2.35. The molecule has 3 N–H and O–H groups in total. The Kier molecular flexibility index (Phi) is 6.63. The van der Waals surface area contributed by atoms with E-state index in [9.17, 15) is 5.11 Å². The lowest BCUT2D eigenvalue weighted by molar-refractivity contribution is 0.113. The van der Waals surface area contributed by atoms with Gasteiger partial charge in [-0.1, -0.05) is 17.7 Å². The van der Waals surface area contributed by atoms with Crippen molar-refractivity contribution in [1.29, 1.82) is 0 Å². The van der Waals surface area contributed by atoms with Crippen LogP contribution in [0.25, 0.3) is 0 Å². The molecule has 0 saturated heterocycles. The first kappa shape index (κ1) is 16.8. The van der Waals surface area contributed by atoms with Gasteiger partial charge in [0.1, 0.15) is 0 Å². The van der Waals surface area contributed by atoms with Crippen molar-refractivity contribution in [2.24, 2.45) is 0 Å². The molecule has 1 aromatic rings. The molecule has 0 aliphatic heterocycles. The molecule has 19 heavy (non-hydrogen) atoms. The third-order valence-corrected chi connectivity index (χ3v) is 4.10. The van der Waals surface area contributed by atoms with E-state index in [2.05, 4.69) is 26.1 Å². The van der Waals surface area contributed by atoms with Gasteiger partial charge >= 0.3 is 0 Å². The van der Waals surface area contributed by atoms with Crippen molar-refractivity contribution < 1.29 is 10.2 Å². The molecule has 0 radical (unpaired) electrons. The smallest absolute Gasteiger partial charge is 0.0864 e. The predicted molar refractivity (Wildman–Crippen MR) is 81.9 cm³/mol. The molecule has 1 unspecified atom stereocenters. The zero-order chi connectivity index (χ0) is 14.5. The number of benzene rings is 1. The van der Waals surface area contributed by atoms with Gasteiger partial charge in [0.25, 0.3) is 0 Å². The molecule has 0 spiro atoms. The number of hydrogen-bond acceptors (Lipinski definition) is 4. The molecule has 0 aliphatic carbocycles. The summed E-state index contributed by atoms with van der Waals surface area (Å²) in [4.78, 5) is 0.925. The second-order valence-electron chi connectivity index (χ2n) is 5.52. The highest BCUT2D eigenvalue weighted by molar-refractivity contribution is 7.99. The number of aliphatic hydroxyl groups is 2. The summed E-state index contributed by atoms with van der Waals surface area (Å²) in [6.07, 6.45) is -0.705. The molecular weight excluding hydrogens is 282 g/mol. The minimum Gasteiger partial charge on any atom is -0.394 e. The Balaban J connectivity index is 2.59. The summed E-state index contributed by atoms with van der Waals surface area (Å²) in [5.41, 5.74) is 1.21. The van der Waals surface area contributed by atoms with Crippen LogP contribution in [0.2, 0.25) is 5.02 Å². The summed E-state index contributed by atoms with van der Waals surface area (Å²) in [6.45, 7) is 6.91. The minimum absolute atomic E-state index is 0.0745. The Bertz CT molecular complexity index is 407. The number of hydrogen-bond donors (Lipinski definition) is 3. The summed E-state index contributed by atoms with van der Waals surface area (Å²) in [7, 11) is 0. The molecule has 1 atom stereocenters. The van der Waals surface area contributed by atoms with E-state index in [4.69, 9.17) is 16.7 Å². The molecule has 0 aliphatic rings. The van der Waals surface area contributed by atoms with Gasteiger partial charge < -0.3 is 15.5 Å². The van der Waals surface area contributed by atoms with E-state index in [1.54, 1.807) is 0 Å². The van der Waals surface area contributed by atoms with E-state index in [1.165, 1.54) is 11.8 Å². The second kappa shape index (κ2) is 7.50. The highest BCUT2D eigenvalue weighted by atomic mass is 35.5. The molecule has 3 nitrogen and oxygen atoms in total. The maximum Gasteiger partial charge on any atom is 0.0864 e. The fraction of sp³-hybridized carbons (Fsp3) is 0.571. The normalized spacial score (nSPS) is 13.6. The fourth-order valence-corrected chi connectivity index (χ4v) is 2.58. The largest absolute Gasteiger partial charge is 0.394 e. The van der Waals surface area contributed by atoms with E-state index in [0.29, 0.717) is 10.8 Å². The van der Waals surface area contributed by atoms with Gasteiger partial charge in [0.05, 0.1) is 17.7 Å². The predicted octanol–water partition coefficient (Wildman–Crippen LogP) is 2.67. The van der Waals surface area contributed by atoms with Crippen molar-refractivity contribution in [2.75, 3.05) is 12.4 Å². The Morgan fingerprint density at radius 1 is 1.37 bits per heavy atom. The summed E-state index contributed by atoms with van der Waals surface area (Å²) in [6, 6.07) is 5.92. The highest BCUT2D eigenvalue weighted by Crippen LogP contribution is 2.28. The molecule has 0 aromatic heterocycles. The van der Waals surface area contributed by atoms with E-state index in [0.717, 1.165) is 17.0 Å². The van der Waals surface area contributed by atoms with E-state index < -0.39 is 6.10 Å². The van der Waals surface area contributed by atoms with Crippen molar-refractivity contribution >= 4 is 23.4 Å². The van der Waals surface area contributed by atoms with Gasteiger partial charge in [0, 0.05) is 22.7 Å². The molecule has 0 fully saturated rings. The Morgan fingerprint density at radius 3 is 2.58 bits per heavy atom. The summed E-state index contributed by atoms with van der Waals surface area (Å²) in [5, 5.41) is 22.2. The van der Waals surface area contributed by atoms with Crippen LogP contribution >= 0.6 is 23.4 Å². The molecule has 0 heterocycles. The van der Waals surface area contributed by atoms with Crippen LogP contribution in [0.3, 0.4) is 0 Å². The van der Waals surface area contributed by atoms with Crippen LogP contribution in [0.15, 0.2) is 23.1 Å². The summed E-state index contributed by atoms with van der Waals surface area (Å²) >= 11 is 7.66. The fourth-order valence-electron chi connectivity index (χ4n) is 1.38. The van der Waals surface area contributed by atoms with Gasteiger partial charge in [-0.15, -0.1) is 11.8 Å². The Hall–Kier alpha value is -0.260. The molecule has 5 heteroatoms. The van der Waals surface area contributed by atoms with Gasteiger partial charge in [0.15, 0.2) is 0 Å². The quantitative estimate of drug-likeness (QED) is 0.707. The number of halogens is 1. The Morgan fingerprint density at radius 2 is 2.05 bits per heavy atom. The van der Waals surface area contributed by atoms with Crippen molar-refractivity contribution in [1.82, 2.24) is 5.32 Å². The SMILES string of the molecule is CC(C)(C)NCc1ccc(SCC(O)CO)c(Cl)c1. The highest BCUT2D eigenvalue weighted by Gasteiger charge is 2.10. The molecule has 0 saturated carbocycles. The first-order valence-corrected chi connectivity index (χ1v) is 7.63. The number of aliphatic hydroxyl groups excluding tert-OH is 2. The van der Waals surface area contributed by atoms with Crippen LogP contribution < -0.4 is 5.32 Å². The monoisotopic (exact) mass is 303 g/mol. The van der Waals surface area contributed by atoms with Crippen LogP contribution in [0.4, 0.5) is 0 Å². The molecule has 0 amide bonds. The Labute approximate surface area is 124 Å². The van der Waals surface area contributed by atoms with Crippen LogP contribution in [-0.2, 0) is 6.54 Å². The maximum atomic E-state index is 9.31. The lowest BCUT2D eigenvalue weighted by Gasteiger charge is -2.20. The van der Waals surface area contributed by atoms with Crippen molar-refractivity contribution in [3.63, 3.8) is 0 Å². The minimum atomic E-state index is -0.705. The maximum absolute atomic E-state index is 9.31. The molecule has 1 aromatic carbocycles. The van der Waals surface area contributed by atoms with Gasteiger partial charge in [-0.25, -0.2) is 0 Å². The van der Waals surface area contributed by atoms with Gasteiger partial charge in [-0.2, -0.15) is 0 Å². The summed E-state index contributed by atoms with van der Waals surface area (Å²) in [5.74, 6) is 0.440. The number of rotatable bonds is 6. The standard InChI is InChI=1S/C14H22ClNO2S/c1-14(2,3)16-7-10-4-5-13(12(15)6-10)19-9-11(18)8-17/h4-6,11,16-18H,7-9H2,1-3H3. The topological polar surface area (TPSA) is 52.5 Å². The first-order chi connectivity index (χ1) is 8.81.